The number of nitrogens with one attached hydrogen (secondary N) is 1. The second kappa shape index (κ2) is 4.55. The molecule has 1 aliphatic heterocycles. The van der Waals surface area contributed by atoms with Crippen LogP contribution in [0, 0.1) is 0 Å². The van der Waals surface area contributed by atoms with Crippen molar-refractivity contribution in [2.45, 2.75) is 6.54 Å². The molecule has 15 heavy (non-hydrogen) atoms. The lowest BCUT2D eigenvalue weighted by Gasteiger charge is -2.26. The van der Waals surface area contributed by atoms with E-state index in [1.807, 2.05) is 0 Å². The van der Waals surface area contributed by atoms with Crippen molar-refractivity contribution in [1.29, 1.82) is 0 Å². The summed E-state index contributed by atoms with van der Waals surface area (Å²) in [5.74, 6) is 0. The van der Waals surface area contributed by atoms with E-state index in [1.165, 1.54) is 4.57 Å². The Hall–Kier alpha value is -1.20. The first-order chi connectivity index (χ1) is 7.27. The van der Waals surface area contributed by atoms with Crippen molar-refractivity contribution < 1.29 is 0 Å². The van der Waals surface area contributed by atoms with Gasteiger partial charge in [-0.05, 0) is 0 Å². The predicted molar refractivity (Wildman–Crippen MR) is 57.6 cm³/mol. The maximum atomic E-state index is 11.7. The molecule has 0 bridgehead atoms. The van der Waals surface area contributed by atoms with Crippen LogP contribution in [0.15, 0.2) is 17.3 Å². The quantitative estimate of drug-likeness (QED) is 0.690. The van der Waals surface area contributed by atoms with Crippen molar-refractivity contribution in [2.75, 3.05) is 26.2 Å². The Morgan fingerprint density at radius 1 is 1.47 bits per heavy atom. The third kappa shape index (κ3) is 2.43. The molecule has 0 aromatic carbocycles. The maximum absolute atomic E-state index is 11.7. The topological polar surface area (TPSA) is 50.2 Å². The molecule has 2 heterocycles. The van der Waals surface area contributed by atoms with Gasteiger partial charge in [0.25, 0.3) is 5.56 Å². The molecule has 5 nitrogen and oxygen atoms in total. The number of rotatable bonds is 2. The zero-order chi connectivity index (χ0) is 10.7. The largest absolute Gasteiger partial charge is 0.314 e. The molecule has 1 N–H and O–H groups in total. The standard InChI is InChI=1S/C10H16N4O/c1-13-8-12-6-9(10(13)15)7-14-4-2-11-3-5-14/h6,8,11H,2-5,7H2,1H3. The fraction of sp³-hybridized carbons (Fsp3) is 0.600. The van der Waals surface area contributed by atoms with Crippen molar-refractivity contribution in [3.63, 3.8) is 0 Å². The van der Waals surface area contributed by atoms with Gasteiger partial charge >= 0.3 is 0 Å². The Morgan fingerprint density at radius 3 is 2.93 bits per heavy atom. The maximum Gasteiger partial charge on any atom is 0.257 e. The first kappa shape index (κ1) is 10.3. The molecule has 5 heteroatoms. The third-order valence-corrected chi connectivity index (χ3v) is 2.67. The highest BCUT2D eigenvalue weighted by molar-refractivity contribution is 5.04. The Kier molecular flexibility index (Phi) is 3.13. The monoisotopic (exact) mass is 208 g/mol. The molecule has 0 amide bonds. The summed E-state index contributed by atoms with van der Waals surface area (Å²) in [4.78, 5) is 18.0. The van der Waals surface area contributed by atoms with Crippen LogP contribution in [-0.2, 0) is 13.6 Å². The molecule has 0 aliphatic carbocycles. The number of aryl methyl sites for hydroxylation is 1. The van der Waals surface area contributed by atoms with Crippen LogP contribution in [0.1, 0.15) is 5.56 Å². The average molecular weight is 208 g/mol. The minimum absolute atomic E-state index is 0.0588. The fourth-order valence-electron chi connectivity index (χ4n) is 1.78. The second-order valence-corrected chi connectivity index (χ2v) is 3.86. The fourth-order valence-corrected chi connectivity index (χ4v) is 1.78. The highest BCUT2D eigenvalue weighted by atomic mass is 16.1. The van der Waals surface area contributed by atoms with Gasteiger partial charge in [0.2, 0.25) is 0 Å². The molecule has 0 atom stereocenters. The Labute approximate surface area is 88.7 Å². The van der Waals surface area contributed by atoms with E-state index in [0.717, 1.165) is 31.7 Å². The first-order valence-corrected chi connectivity index (χ1v) is 5.20. The van der Waals surface area contributed by atoms with Crippen molar-refractivity contribution in [3.8, 4) is 0 Å². The molecular formula is C10H16N4O. The van der Waals surface area contributed by atoms with Crippen LogP contribution in [-0.4, -0.2) is 40.6 Å². The molecule has 0 unspecified atom stereocenters. The van der Waals surface area contributed by atoms with Crippen molar-refractivity contribution in [1.82, 2.24) is 19.8 Å². The lowest BCUT2D eigenvalue weighted by molar-refractivity contribution is 0.231. The molecule has 1 aromatic heterocycles. The number of aromatic nitrogens is 2. The van der Waals surface area contributed by atoms with Gasteiger partial charge in [0.15, 0.2) is 0 Å². The summed E-state index contributed by atoms with van der Waals surface area (Å²) in [6.07, 6.45) is 3.22. The van der Waals surface area contributed by atoms with E-state index in [2.05, 4.69) is 15.2 Å². The van der Waals surface area contributed by atoms with Crippen LogP contribution >= 0.6 is 0 Å². The molecule has 1 fully saturated rings. The van der Waals surface area contributed by atoms with Gasteiger partial charge in [-0.15, -0.1) is 0 Å². The minimum atomic E-state index is 0.0588. The summed E-state index contributed by atoms with van der Waals surface area (Å²) in [5, 5.41) is 3.29. The molecule has 1 aromatic rings. The van der Waals surface area contributed by atoms with Gasteiger partial charge in [0.1, 0.15) is 0 Å². The molecule has 0 radical (unpaired) electrons. The molecule has 2 rings (SSSR count). The lowest BCUT2D eigenvalue weighted by atomic mass is 10.2. The first-order valence-electron chi connectivity index (χ1n) is 5.20. The predicted octanol–water partition coefficient (Wildman–Crippen LogP) is -0.814. The van der Waals surface area contributed by atoms with Gasteiger partial charge in [-0.2, -0.15) is 0 Å². The lowest BCUT2D eigenvalue weighted by Crippen LogP contribution is -2.43. The number of hydrogen-bond acceptors (Lipinski definition) is 4. The molecule has 82 valence electrons. The van der Waals surface area contributed by atoms with Crippen LogP contribution in [0.4, 0.5) is 0 Å². The van der Waals surface area contributed by atoms with Gasteiger partial charge in [0, 0.05) is 51.5 Å². The average Bonchev–Trinajstić information content (AvgIpc) is 2.26. The second-order valence-electron chi connectivity index (χ2n) is 3.86. The summed E-state index contributed by atoms with van der Waals surface area (Å²) in [7, 11) is 1.73. The van der Waals surface area contributed by atoms with E-state index < -0.39 is 0 Å². The Balaban J connectivity index is 2.09. The van der Waals surface area contributed by atoms with E-state index in [9.17, 15) is 4.79 Å². The third-order valence-electron chi connectivity index (χ3n) is 2.67. The van der Waals surface area contributed by atoms with Crippen LogP contribution in [0.5, 0.6) is 0 Å². The van der Waals surface area contributed by atoms with E-state index in [0.29, 0.717) is 6.54 Å². The Morgan fingerprint density at radius 2 is 2.20 bits per heavy atom. The minimum Gasteiger partial charge on any atom is -0.314 e. The van der Waals surface area contributed by atoms with Gasteiger partial charge in [-0.3, -0.25) is 9.69 Å². The van der Waals surface area contributed by atoms with E-state index in [4.69, 9.17) is 0 Å². The van der Waals surface area contributed by atoms with Gasteiger partial charge in [0.05, 0.1) is 6.33 Å². The van der Waals surface area contributed by atoms with E-state index in [1.54, 1.807) is 19.6 Å². The van der Waals surface area contributed by atoms with Crippen molar-refractivity contribution in [3.05, 3.63) is 28.4 Å². The summed E-state index contributed by atoms with van der Waals surface area (Å²) in [5.41, 5.74) is 0.838. The number of piperazine rings is 1. The zero-order valence-corrected chi connectivity index (χ0v) is 8.94. The van der Waals surface area contributed by atoms with Crippen LogP contribution < -0.4 is 10.9 Å². The van der Waals surface area contributed by atoms with Gasteiger partial charge in [-0.25, -0.2) is 4.98 Å². The van der Waals surface area contributed by atoms with Gasteiger partial charge < -0.3 is 9.88 Å². The summed E-state index contributed by atoms with van der Waals surface area (Å²) < 4.78 is 1.53. The number of hydrogen-bond donors (Lipinski definition) is 1. The zero-order valence-electron chi connectivity index (χ0n) is 8.94. The van der Waals surface area contributed by atoms with E-state index >= 15 is 0 Å². The SMILES string of the molecule is Cn1cncc(CN2CCNCC2)c1=O. The molecule has 1 aliphatic rings. The molecule has 0 saturated carbocycles. The van der Waals surface area contributed by atoms with Crippen LogP contribution in [0.3, 0.4) is 0 Å². The molecule has 0 spiro atoms. The van der Waals surface area contributed by atoms with Crippen LogP contribution in [0.25, 0.3) is 0 Å². The summed E-state index contributed by atoms with van der Waals surface area (Å²) in [6.45, 7) is 4.71. The highest BCUT2D eigenvalue weighted by Crippen LogP contribution is 1.99. The van der Waals surface area contributed by atoms with E-state index in [-0.39, 0.29) is 5.56 Å². The smallest absolute Gasteiger partial charge is 0.257 e. The summed E-state index contributed by atoms with van der Waals surface area (Å²) in [6, 6.07) is 0. The van der Waals surface area contributed by atoms with Crippen molar-refractivity contribution >= 4 is 0 Å². The van der Waals surface area contributed by atoms with Gasteiger partial charge in [-0.1, -0.05) is 0 Å². The Bertz CT molecular complexity index is 381. The molecule has 1 saturated heterocycles. The number of nitrogens with zero attached hydrogens (tertiary/aromatic N) is 3. The highest BCUT2D eigenvalue weighted by Gasteiger charge is 2.12. The normalized spacial score (nSPS) is 17.9. The van der Waals surface area contributed by atoms with Crippen LogP contribution in [0.2, 0.25) is 0 Å². The molecular weight excluding hydrogens is 192 g/mol. The summed E-state index contributed by atoms with van der Waals surface area (Å²) >= 11 is 0. The van der Waals surface area contributed by atoms with Crippen molar-refractivity contribution in [2.24, 2.45) is 7.05 Å².